The Balaban J connectivity index is 1.42. The van der Waals surface area contributed by atoms with Crippen LogP contribution in [-0.4, -0.2) is 61.1 Å². The van der Waals surface area contributed by atoms with Gasteiger partial charge in [0.1, 0.15) is 12.2 Å². The molecular weight excluding hydrogens is 600 g/mol. The highest BCUT2D eigenvalue weighted by Crippen LogP contribution is 2.59. The molecule has 3 fully saturated rings. The lowest BCUT2D eigenvalue weighted by Crippen LogP contribution is -2.44. The van der Waals surface area contributed by atoms with Crippen LogP contribution in [0.5, 0.6) is 0 Å². The number of fused-ring (bicyclic) bond motifs is 1. The number of alkyl halides is 3. The number of halogens is 4. The highest BCUT2D eigenvalue weighted by Gasteiger charge is 2.70. The molecular formula is C20H17F3IO9S-. The van der Waals surface area contributed by atoms with Crippen LogP contribution in [0.3, 0.4) is 0 Å². The third-order valence-corrected chi connectivity index (χ3v) is 8.10. The Morgan fingerprint density at radius 2 is 1.88 bits per heavy atom. The molecule has 7 unspecified atom stereocenters. The molecule has 9 nitrogen and oxygen atoms in total. The summed E-state index contributed by atoms with van der Waals surface area (Å²) in [5, 5.41) is -5.18. The topological polar surface area (TPSA) is 136 Å². The summed E-state index contributed by atoms with van der Waals surface area (Å²) in [7, 11) is -6.24. The molecule has 186 valence electrons. The van der Waals surface area contributed by atoms with E-state index in [0.29, 0.717) is 6.42 Å². The van der Waals surface area contributed by atoms with Gasteiger partial charge in [0.15, 0.2) is 16.3 Å². The van der Waals surface area contributed by atoms with E-state index in [1.807, 2.05) is 0 Å². The largest absolute Gasteiger partial charge is 0.743 e. The fourth-order valence-corrected chi connectivity index (χ4v) is 5.72. The number of benzene rings is 1. The van der Waals surface area contributed by atoms with Crippen LogP contribution in [0.25, 0.3) is 0 Å². The number of hydrogen-bond acceptors (Lipinski definition) is 9. The number of hydrogen-bond donors (Lipinski definition) is 0. The third-order valence-electron chi connectivity index (χ3n) is 6.45. The van der Waals surface area contributed by atoms with Crippen molar-refractivity contribution < 1.29 is 54.7 Å². The fraction of sp³-hybridized carbons (Fsp3) is 0.550. The Bertz CT molecular complexity index is 1110. The first-order valence-electron chi connectivity index (χ1n) is 10.1. The molecule has 1 aromatic rings. The Hall–Kier alpha value is -1.94. The van der Waals surface area contributed by atoms with Gasteiger partial charge in [-0.2, -0.15) is 8.78 Å². The van der Waals surface area contributed by atoms with E-state index in [9.17, 15) is 40.5 Å². The van der Waals surface area contributed by atoms with Gasteiger partial charge in [-0.25, -0.2) is 17.6 Å². The van der Waals surface area contributed by atoms with Crippen LogP contribution in [0, 0.1) is 27.2 Å². The Labute approximate surface area is 205 Å². The monoisotopic (exact) mass is 617 g/mol. The van der Waals surface area contributed by atoms with Crippen molar-refractivity contribution in [3.05, 3.63) is 33.4 Å². The summed E-state index contributed by atoms with van der Waals surface area (Å²) in [4.78, 5) is 37.6. The maximum Gasteiger partial charge on any atom is 0.364 e. The van der Waals surface area contributed by atoms with Crippen LogP contribution in [0.4, 0.5) is 13.2 Å². The summed E-state index contributed by atoms with van der Waals surface area (Å²) in [5.74, 6) is -5.40. The van der Waals surface area contributed by atoms with E-state index in [1.165, 1.54) is 0 Å². The number of ether oxygens (including phenoxy) is 3. The van der Waals surface area contributed by atoms with Gasteiger partial charge in [-0.15, -0.1) is 0 Å². The first-order valence-corrected chi connectivity index (χ1v) is 12.6. The van der Waals surface area contributed by atoms with Gasteiger partial charge in [0.05, 0.1) is 24.0 Å². The minimum absolute atomic E-state index is 0.256. The molecule has 1 aromatic carbocycles. The first-order chi connectivity index (χ1) is 15.8. The van der Waals surface area contributed by atoms with Crippen molar-refractivity contribution in [1.29, 1.82) is 0 Å². The molecule has 2 bridgehead atoms. The normalized spacial score (nSPS) is 30.7. The predicted octanol–water partition coefficient (Wildman–Crippen LogP) is 2.03. The fourth-order valence-electron chi connectivity index (χ4n) is 4.93. The van der Waals surface area contributed by atoms with Crippen molar-refractivity contribution in [2.45, 2.75) is 36.5 Å². The lowest BCUT2D eigenvalue weighted by atomic mass is 9.78. The quantitative estimate of drug-likeness (QED) is 0.186. The minimum Gasteiger partial charge on any atom is -0.743 e. The van der Waals surface area contributed by atoms with E-state index in [0.717, 1.165) is 3.57 Å². The van der Waals surface area contributed by atoms with Crippen LogP contribution in [0.15, 0.2) is 24.3 Å². The molecule has 0 N–H and O–H groups in total. The van der Waals surface area contributed by atoms with Gasteiger partial charge in [0.2, 0.25) is 0 Å². The molecule has 2 saturated carbocycles. The Morgan fingerprint density at radius 1 is 1.24 bits per heavy atom. The summed E-state index contributed by atoms with van der Waals surface area (Å²) in [6, 6.07) is 6.50. The second kappa shape index (κ2) is 8.93. The second-order valence-electron chi connectivity index (χ2n) is 8.33. The number of carbonyl (C=O) groups excluding carboxylic acids is 3. The lowest BCUT2D eigenvalue weighted by molar-refractivity contribution is -0.157. The van der Waals surface area contributed by atoms with Crippen LogP contribution >= 0.6 is 22.6 Å². The molecule has 3 aliphatic rings. The first kappa shape index (κ1) is 25.2. The summed E-state index contributed by atoms with van der Waals surface area (Å²) in [6.07, 6.45) is -5.96. The maximum absolute atomic E-state index is 13.6. The molecule has 0 radical (unpaired) electrons. The highest BCUT2D eigenvalue weighted by molar-refractivity contribution is 14.1. The number of rotatable bonds is 8. The van der Waals surface area contributed by atoms with Gasteiger partial charge in [-0.1, -0.05) is 0 Å². The second-order valence-corrected chi connectivity index (χ2v) is 11.0. The van der Waals surface area contributed by atoms with Crippen molar-refractivity contribution in [1.82, 2.24) is 0 Å². The minimum atomic E-state index is -6.24. The number of esters is 3. The molecule has 1 heterocycles. The molecule has 0 amide bonds. The van der Waals surface area contributed by atoms with Crippen molar-refractivity contribution in [3.63, 3.8) is 0 Å². The zero-order valence-corrected chi connectivity index (χ0v) is 20.0. The van der Waals surface area contributed by atoms with E-state index in [4.69, 9.17) is 14.2 Å². The molecule has 0 aromatic heterocycles. The van der Waals surface area contributed by atoms with E-state index in [1.54, 1.807) is 24.3 Å². The predicted molar refractivity (Wildman–Crippen MR) is 112 cm³/mol. The molecule has 1 saturated heterocycles. The van der Waals surface area contributed by atoms with Crippen LogP contribution < -0.4 is 0 Å². The van der Waals surface area contributed by atoms with Crippen LogP contribution in [-0.2, 0) is 33.9 Å². The average molecular weight is 617 g/mol. The van der Waals surface area contributed by atoms with Gasteiger partial charge in [-0.05, 0) is 53.3 Å². The Kier molecular flexibility index (Phi) is 6.61. The van der Waals surface area contributed by atoms with Crippen LogP contribution in [0.2, 0.25) is 0 Å². The zero-order valence-electron chi connectivity index (χ0n) is 17.1. The maximum atomic E-state index is 13.6. The SMILES string of the molecule is O=C(OC1C2CC3C1OC(=O)C3C2C(=O)OCCC(F)C(F)(F)S(=O)(=O)[O-])c1ccc(I)cc1. The van der Waals surface area contributed by atoms with E-state index in [-0.39, 0.29) is 5.56 Å². The van der Waals surface area contributed by atoms with Gasteiger partial charge >= 0.3 is 23.2 Å². The van der Waals surface area contributed by atoms with Gasteiger partial charge in [-0.3, -0.25) is 9.59 Å². The summed E-state index contributed by atoms with van der Waals surface area (Å²) in [5.41, 5.74) is 0.256. The summed E-state index contributed by atoms with van der Waals surface area (Å²) >= 11 is 2.06. The standard InChI is InChI=1S/C20H18F3IO9S/c21-12(20(22,23)34(28,29)30)5-6-31-18(26)13-10-7-11-14(13)19(27)33-16(11)15(10)32-17(25)8-1-3-9(24)4-2-8/h1-4,10-16H,5-7H2,(H,28,29,30)/p-1. The molecule has 0 spiro atoms. The smallest absolute Gasteiger partial charge is 0.364 e. The van der Waals surface area contributed by atoms with Crippen LogP contribution in [0.1, 0.15) is 23.2 Å². The van der Waals surface area contributed by atoms with Gasteiger partial charge in [0.25, 0.3) is 0 Å². The van der Waals surface area contributed by atoms with Crippen molar-refractivity contribution in [2.24, 2.45) is 23.7 Å². The molecule has 7 atom stereocenters. The van der Waals surface area contributed by atoms with Crippen molar-refractivity contribution in [2.75, 3.05) is 6.61 Å². The highest BCUT2D eigenvalue weighted by atomic mass is 127. The van der Waals surface area contributed by atoms with E-state index in [2.05, 4.69) is 22.6 Å². The molecule has 2 aliphatic carbocycles. The zero-order chi connectivity index (χ0) is 25.0. The van der Waals surface area contributed by atoms with Gasteiger partial charge < -0.3 is 18.8 Å². The average Bonchev–Trinajstić information content (AvgIpc) is 3.37. The van der Waals surface area contributed by atoms with Gasteiger partial charge in [0, 0.05) is 21.8 Å². The van der Waals surface area contributed by atoms with E-state index >= 15 is 0 Å². The van der Waals surface area contributed by atoms with Crippen molar-refractivity contribution >= 4 is 50.6 Å². The van der Waals surface area contributed by atoms with E-state index < -0.39 is 88.4 Å². The molecule has 1 aliphatic heterocycles. The third kappa shape index (κ3) is 4.27. The lowest BCUT2D eigenvalue weighted by Gasteiger charge is -2.30. The molecule has 34 heavy (non-hydrogen) atoms. The number of carbonyl (C=O) groups is 3. The summed E-state index contributed by atoms with van der Waals surface area (Å²) < 4.78 is 88.3. The molecule has 4 rings (SSSR count). The summed E-state index contributed by atoms with van der Waals surface area (Å²) in [6.45, 7) is -0.947. The van der Waals surface area contributed by atoms with Crippen molar-refractivity contribution in [3.8, 4) is 0 Å². The Morgan fingerprint density at radius 3 is 2.50 bits per heavy atom. The molecule has 14 heteroatoms.